The molecule has 0 bridgehead atoms. The molecule has 8 aromatic rings. The fourth-order valence-corrected chi connectivity index (χ4v) is 11.6. The number of ether oxygens (including phenoxy) is 3. The maximum atomic E-state index is 11.3. The van der Waals surface area contributed by atoms with E-state index in [-0.39, 0.29) is 59.6 Å². The van der Waals surface area contributed by atoms with Crippen molar-refractivity contribution in [2.45, 2.75) is 35.9 Å². The highest BCUT2D eigenvalue weighted by Gasteiger charge is 2.19. The monoisotopic (exact) mass is 1180 g/mol. The Bertz CT molecular complexity index is 2680. The predicted octanol–water partition coefficient (Wildman–Crippen LogP) is 16.0. The van der Waals surface area contributed by atoms with Gasteiger partial charge in [0.2, 0.25) is 5.91 Å². The summed E-state index contributed by atoms with van der Waals surface area (Å²) >= 11 is 11.3. The molecule has 0 aromatic heterocycles. The molecule has 1 amide bonds. The van der Waals surface area contributed by atoms with Crippen molar-refractivity contribution < 1.29 is 33.4 Å². The first-order valence-electron chi connectivity index (χ1n) is 24.9. The molecule has 0 unspecified atom stereocenters. The van der Waals surface area contributed by atoms with Gasteiger partial charge in [0.25, 0.3) is 0 Å². The van der Waals surface area contributed by atoms with Crippen LogP contribution in [-0.2, 0) is 33.4 Å². The number of hydrogen-bond acceptors (Lipinski definition) is 12. The zero-order valence-electron chi connectivity index (χ0n) is 44.5. The molecule has 8 aromatic carbocycles. The van der Waals surface area contributed by atoms with Crippen molar-refractivity contribution >= 4 is 82.5 Å². The summed E-state index contributed by atoms with van der Waals surface area (Å²) < 4.78 is 13.6. The van der Waals surface area contributed by atoms with Crippen LogP contribution in [0.15, 0.2) is 254 Å². The predicted molar refractivity (Wildman–Crippen MR) is 347 cm³/mol. The van der Waals surface area contributed by atoms with Gasteiger partial charge in [-0.2, -0.15) is 0 Å². The number of hydrogen-bond donors (Lipinski definition) is 2. The van der Waals surface area contributed by atoms with Gasteiger partial charge in [-0.3, -0.25) is 19.2 Å². The number of nitrogens with two attached hydrogens (primary N) is 2. The molecular weight excluding hydrogens is 1110 g/mol. The lowest BCUT2D eigenvalue weighted by atomic mass is 10.0. The first kappa shape index (κ1) is 70.0. The summed E-state index contributed by atoms with van der Waals surface area (Å²) in [5, 5.41) is 1.32. The van der Waals surface area contributed by atoms with Crippen molar-refractivity contribution in [3.05, 3.63) is 299 Å². The van der Waals surface area contributed by atoms with E-state index >= 15 is 0 Å². The molecule has 9 nitrogen and oxygen atoms in total. The number of alkyl halides is 1. The molecule has 0 saturated carbocycles. The van der Waals surface area contributed by atoms with Crippen molar-refractivity contribution in [3.63, 3.8) is 0 Å². The number of halogens is 1. The molecule has 0 aliphatic carbocycles. The molecule has 0 saturated heterocycles. The molecule has 4 N–H and O–H groups in total. The second-order valence-corrected chi connectivity index (χ2v) is 21.4. The number of primary amides is 1. The van der Waals surface area contributed by atoms with Crippen LogP contribution in [0.2, 0.25) is 0 Å². The first-order valence-corrected chi connectivity index (χ1v) is 29.4. The maximum Gasteiger partial charge on any atom is 0.320 e. The number of carbonyl (C=O) groups is 4. The standard InChI is InChI=1S/2C16H16O2S.C15H15NOS.C15H15NS.C3H5ClO2.2CH4/c2*1-18-15(17)12-19-16(13-8-4-2-5-9-13)14-10-6-3-7-11-14;16-14(17)11-18-15(12-7-3-1-4-8-12)13-9-5-2-6-10-13;1-12(16)17-15(13-8-4-2-5-9-13)14-10-6-3-7-11-14;1-6-3(5)2-4;;/h2*2-11,16H,12H2,1H3;1-10,15H,11H2,(H2,16,17);2-11,15H,1,16H2;2H2,1H3;2*1H4. The van der Waals surface area contributed by atoms with Crippen molar-refractivity contribution in [1.29, 1.82) is 0 Å². The summed E-state index contributed by atoms with van der Waals surface area (Å²) in [5.41, 5.74) is 20.6. The minimum Gasteiger partial charge on any atom is -0.468 e. The number of rotatable bonds is 20. The number of amides is 1. The number of methoxy groups -OCH3 is 3. The lowest BCUT2D eigenvalue weighted by molar-refractivity contribution is -0.138. The van der Waals surface area contributed by atoms with Gasteiger partial charge in [-0.15, -0.1) is 46.9 Å². The number of esters is 3. The Balaban J connectivity index is 0.000000354. The largest absolute Gasteiger partial charge is 0.468 e. The first-order chi connectivity index (χ1) is 38.5. The summed E-state index contributed by atoms with van der Waals surface area (Å²) in [7, 11) is 4.14. The third-order valence-electron chi connectivity index (χ3n) is 11.0. The van der Waals surface area contributed by atoms with Gasteiger partial charge in [0, 0.05) is 0 Å². The fraction of sp³-hybridized carbons (Fsp3) is 0.194. The third kappa shape index (κ3) is 27.3. The van der Waals surface area contributed by atoms with Gasteiger partial charge >= 0.3 is 17.9 Å². The van der Waals surface area contributed by atoms with Crippen molar-refractivity contribution in [1.82, 2.24) is 0 Å². The molecule has 0 aliphatic heterocycles. The van der Waals surface area contributed by atoms with Gasteiger partial charge in [0.15, 0.2) is 0 Å². The SMILES string of the molecule is C.C.C=C(N)SC(c1ccccc1)c1ccccc1.COC(=O)CCl.COC(=O)CSC(c1ccccc1)c1ccccc1.COC(=O)CSC(c1ccccc1)c1ccccc1.NC(=O)CSC(c1ccccc1)c1ccccc1. The molecular formula is C67H75ClN2O7S4. The molecule has 0 atom stereocenters. The third-order valence-corrected chi connectivity index (χ3v) is 16.2. The van der Waals surface area contributed by atoms with Crippen molar-refractivity contribution in [2.75, 3.05) is 44.5 Å². The summed E-state index contributed by atoms with van der Waals surface area (Å²) in [5.74, 6) is -0.0850. The number of thioether (sulfide) groups is 4. The quantitative estimate of drug-likeness (QED) is 0.0425. The Labute approximate surface area is 503 Å². The zero-order chi connectivity index (χ0) is 56.9. The van der Waals surface area contributed by atoms with E-state index in [2.05, 4.69) is 108 Å². The lowest BCUT2D eigenvalue weighted by Crippen LogP contribution is -2.14. The average molecular weight is 1180 g/mol. The highest BCUT2D eigenvalue weighted by Crippen LogP contribution is 2.39. The van der Waals surface area contributed by atoms with Crippen molar-refractivity contribution in [3.8, 4) is 0 Å². The van der Waals surface area contributed by atoms with Crippen LogP contribution in [0.25, 0.3) is 0 Å². The molecule has 81 heavy (non-hydrogen) atoms. The second-order valence-electron chi connectivity index (χ2n) is 16.7. The lowest BCUT2D eigenvalue weighted by Gasteiger charge is -2.17. The maximum absolute atomic E-state index is 11.3. The number of carbonyl (C=O) groups excluding carboxylic acids is 4. The zero-order valence-corrected chi connectivity index (χ0v) is 48.5. The topological polar surface area (TPSA) is 148 Å². The van der Waals surface area contributed by atoms with Gasteiger partial charge in [-0.25, -0.2) is 0 Å². The normalized spacial score (nSPS) is 9.98. The summed E-state index contributed by atoms with van der Waals surface area (Å²) in [6.45, 7) is 3.79. The molecule has 426 valence electrons. The number of benzene rings is 8. The molecule has 0 aliphatic rings. The van der Waals surface area contributed by atoms with Crippen molar-refractivity contribution in [2.24, 2.45) is 11.5 Å². The fourth-order valence-electron chi connectivity index (χ4n) is 7.30. The molecule has 0 heterocycles. The Morgan fingerprint density at radius 2 is 0.568 bits per heavy atom. The van der Waals surface area contributed by atoms with Crippen LogP contribution < -0.4 is 11.5 Å². The Hall–Kier alpha value is -7.13. The smallest absolute Gasteiger partial charge is 0.320 e. The van der Waals surface area contributed by atoms with E-state index in [1.165, 1.54) is 65.8 Å². The van der Waals surface area contributed by atoms with Crippen LogP contribution in [-0.4, -0.2) is 68.3 Å². The van der Waals surface area contributed by atoms with Crippen LogP contribution in [0.1, 0.15) is 80.4 Å². The van der Waals surface area contributed by atoms with Crippen LogP contribution in [0, 0.1) is 0 Å². The molecule has 0 fully saturated rings. The highest BCUT2D eigenvalue weighted by atomic mass is 35.5. The van der Waals surface area contributed by atoms with E-state index in [0.29, 0.717) is 22.3 Å². The van der Waals surface area contributed by atoms with Crippen LogP contribution in [0.4, 0.5) is 0 Å². The van der Waals surface area contributed by atoms with Gasteiger partial charge < -0.3 is 25.7 Å². The minimum absolute atomic E-state index is 0. The highest BCUT2D eigenvalue weighted by molar-refractivity contribution is 8.03. The molecule has 0 radical (unpaired) electrons. The van der Waals surface area contributed by atoms with Gasteiger partial charge in [0.05, 0.1) is 64.6 Å². The van der Waals surface area contributed by atoms with E-state index < -0.39 is 5.97 Å². The molecule has 14 heteroatoms. The van der Waals surface area contributed by atoms with E-state index in [1.54, 1.807) is 47.0 Å². The van der Waals surface area contributed by atoms with Gasteiger partial charge in [0.1, 0.15) is 5.88 Å². The summed E-state index contributed by atoms with van der Waals surface area (Å²) in [6, 6.07) is 81.8. The van der Waals surface area contributed by atoms with Crippen LogP contribution >= 0.6 is 58.6 Å². The van der Waals surface area contributed by atoms with E-state index in [4.69, 9.17) is 32.5 Å². The Morgan fingerprint density at radius 1 is 0.370 bits per heavy atom. The second kappa shape index (κ2) is 41.8. The summed E-state index contributed by atoms with van der Waals surface area (Å²) in [6.07, 6.45) is 0. The van der Waals surface area contributed by atoms with E-state index in [0.717, 1.165) is 0 Å². The van der Waals surface area contributed by atoms with E-state index in [1.807, 2.05) is 146 Å². The Morgan fingerprint density at radius 3 is 0.728 bits per heavy atom. The molecule has 8 rings (SSSR count). The minimum atomic E-state index is -0.392. The van der Waals surface area contributed by atoms with Crippen LogP contribution in [0.3, 0.4) is 0 Å². The Kier molecular flexibility index (Phi) is 36.1. The van der Waals surface area contributed by atoms with Gasteiger partial charge in [-0.1, -0.05) is 276 Å². The molecule has 0 spiro atoms. The van der Waals surface area contributed by atoms with Gasteiger partial charge in [-0.05, 0) is 44.5 Å². The average Bonchev–Trinajstić information content (AvgIpc) is 3.52. The summed E-state index contributed by atoms with van der Waals surface area (Å²) in [4.78, 5) is 43.5. The van der Waals surface area contributed by atoms with E-state index in [9.17, 15) is 19.2 Å². The van der Waals surface area contributed by atoms with Crippen LogP contribution in [0.5, 0.6) is 0 Å².